The van der Waals surface area contributed by atoms with E-state index >= 15 is 0 Å². The molecule has 0 saturated carbocycles. The molecule has 0 fully saturated rings. The van der Waals surface area contributed by atoms with Crippen molar-refractivity contribution in [3.05, 3.63) is 89.0 Å². The van der Waals surface area contributed by atoms with E-state index in [0.29, 0.717) is 6.42 Å². The second kappa shape index (κ2) is 11.1. The molecule has 3 aromatic rings. The molecule has 7 heteroatoms. The number of aryl methyl sites for hydroxylation is 2. The predicted octanol–water partition coefficient (Wildman–Crippen LogP) is 4.59. The molecule has 1 amide bonds. The highest BCUT2D eigenvalue weighted by Crippen LogP contribution is 2.27. The van der Waals surface area contributed by atoms with Crippen LogP contribution in [0.5, 0.6) is 5.75 Å². The summed E-state index contributed by atoms with van der Waals surface area (Å²) in [6, 6.07) is 20.0. The number of ether oxygens (including phenoxy) is 1. The fourth-order valence-corrected chi connectivity index (χ4v) is 4.89. The molecule has 0 bridgehead atoms. The zero-order valence-corrected chi connectivity index (χ0v) is 20.0. The van der Waals surface area contributed by atoms with E-state index in [1.165, 1.54) is 19.2 Å². The predicted molar refractivity (Wildman–Crippen MR) is 131 cm³/mol. The number of hydrogen-bond acceptors (Lipinski definition) is 4. The number of rotatable bonds is 10. The number of para-hydroxylation sites is 1. The van der Waals surface area contributed by atoms with Gasteiger partial charge in [-0.3, -0.25) is 4.79 Å². The molecule has 0 atom stereocenters. The molecule has 0 saturated heterocycles. The lowest BCUT2D eigenvalue weighted by Crippen LogP contribution is -2.27. The number of methoxy groups -OCH3 is 1. The van der Waals surface area contributed by atoms with Crippen molar-refractivity contribution < 1.29 is 17.9 Å². The first-order chi connectivity index (χ1) is 15.9. The van der Waals surface area contributed by atoms with Crippen LogP contribution in [-0.4, -0.2) is 28.0 Å². The highest BCUT2D eigenvalue weighted by molar-refractivity contribution is 7.89. The summed E-state index contributed by atoms with van der Waals surface area (Å²) < 4.78 is 33.9. The van der Waals surface area contributed by atoms with Crippen molar-refractivity contribution in [1.82, 2.24) is 4.72 Å². The van der Waals surface area contributed by atoms with Crippen LogP contribution in [-0.2, 0) is 29.3 Å². The number of amides is 1. The number of sulfonamides is 1. The average Bonchev–Trinajstić information content (AvgIpc) is 2.84. The van der Waals surface area contributed by atoms with Crippen molar-refractivity contribution in [3.8, 4) is 5.75 Å². The minimum absolute atomic E-state index is 0.0646. The SMILES string of the molecule is CCc1cccc(CC)c1NC(=O)c1ccc(OC)c(S(=O)(=O)NCCc2ccccc2)c1. The summed E-state index contributed by atoms with van der Waals surface area (Å²) in [4.78, 5) is 13.0. The lowest BCUT2D eigenvalue weighted by Gasteiger charge is -2.16. The second-order valence-electron chi connectivity index (χ2n) is 7.61. The third-order valence-electron chi connectivity index (χ3n) is 5.50. The van der Waals surface area contributed by atoms with E-state index in [-0.39, 0.29) is 28.7 Å². The molecule has 0 heterocycles. The lowest BCUT2D eigenvalue weighted by atomic mass is 10.0. The van der Waals surface area contributed by atoms with Gasteiger partial charge in [0.25, 0.3) is 5.91 Å². The molecular formula is C26H30N2O4S. The van der Waals surface area contributed by atoms with Crippen LogP contribution in [0.4, 0.5) is 5.69 Å². The molecule has 0 unspecified atom stereocenters. The summed E-state index contributed by atoms with van der Waals surface area (Å²) in [6.45, 7) is 4.29. The van der Waals surface area contributed by atoms with Gasteiger partial charge >= 0.3 is 0 Å². The summed E-state index contributed by atoms with van der Waals surface area (Å²) in [7, 11) is -2.48. The molecule has 0 aliphatic carbocycles. The van der Waals surface area contributed by atoms with Gasteiger partial charge in [0, 0.05) is 17.8 Å². The Morgan fingerprint density at radius 1 is 0.909 bits per heavy atom. The molecular weight excluding hydrogens is 436 g/mol. The van der Waals surface area contributed by atoms with Crippen molar-refractivity contribution in [1.29, 1.82) is 0 Å². The van der Waals surface area contributed by atoms with Gasteiger partial charge in [0.1, 0.15) is 10.6 Å². The third kappa shape index (κ3) is 6.00. The first-order valence-corrected chi connectivity index (χ1v) is 12.5. The van der Waals surface area contributed by atoms with E-state index in [9.17, 15) is 13.2 Å². The van der Waals surface area contributed by atoms with Crippen LogP contribution in [0.1, 0.15) is 40.9 Å². The van der Waals surface area contributed by atoms with Crippen LogP contribution in [0, 0.1) is 0 Å². The highest BCUT2D eigenvalue weighted by Gasteiger charge is 2.22. The van der Waals surface area contributed by atoms with Crippen LogP contribution in [0.2, 0.25) is 0 Å². The molecule has 0 aromatic heterocycles. The number of benzene rings is 3. The Morgan fingerprint density at radius 2 is 1.58 bits per heavy atom. The van der Waals surface area contributed by atoms with Crippen molar-refractivity contribution in [2.45, 2.75) is 38.0 Å². The number of hydrogen-bond donors (Lipinski definition) is 2. The van der Waals surface area contributed by atoms with Crippen molar-refractivity contribution >= 4 is 21.6 Å². The first kappa shape index (κ1) is 24.5. The minimum Gasteiger partial charge on any atom is -0.495 e. The van der Waals surface area contributed by atoms with Crippen LogP contribution in [0.15, 0.2) is 71.6 Å². The molecule has 174 valence electrons. The fourth-order valence-electron chi connectivity index (χ4n) is 3.67. The number of carbonyl (C=O) groups excluding carboxylic acids is 1. The zero-order chi connectivity index (χ0) is 23.8. The van der Waals surface area contributed by atoms with Gasteiger partial charge in [0.2, 0.25) is 10.0 Å². The minimum atomic E-state index is -3.88. The molecule has 0 spiro atoms. The normalized spacial score (nSPS) is 11.2. The van der Waals surface area contributed by atoms with Crippen LogP contribution in [0.25, 0.3) is 0 Å². The maximum atomic E-state index is 13.1. The largest absolute Gasteiger partial charge is 0.495 e. The summed E-state index contributed by atoms with van der Waals surface area (Å²) in [5, 5.41) is 2.98. The smallest absolute Gasteiger partial charge is 0.255 e. The Hall–Kier alpha value is -3.16. The topological polar surface area (TPSA) is 84.5 Å². The van der Waals surface area contributed by atoms with E-state index in [2.05, 4.69) is 10.0 Å². The van der Waals surface area contributed by atoms with E-state index in [4.69, 9.17) is 4.74 Å². The third-order valence-corrected chi connectivity index (χ3v) is 6.98. The standard InChI is InChI=1S/C26H30N2O4S/c1-4-20-12-9-13-21(5-2)25(20)28-26(29)22-14-15-23(32-3)24(18-22)33(30,31)27-17-16-19-10-7-6-8-11-19/h6-15,18,27H,4-5,16-17H2,1-3H3,(H,28,29). The number of anilines is 1. The van der Waals surface area contributed by atoms with Gasteiger partial charge in [0.15, 0.2) is 0 Å². The monoisotopic (exact) mass is 466 g/mol. The number of carbonyl (C=O) groups is 1. The van der Waals surface area contributed by atoms with Gasteiger partial charge in [-0.25, -0.2) is 13.1 Å². The molecule has 6 nitrogen and oxygen atoms in total. The quantitative estimate of drug-likeness (QED) is 0.458. The van der Waals surface area contributed by atoms with Crippen molar-refractivity contribution in [3.63, 3.8) is 0 Å². The summed E-state index contributed by atoms with van der Waals surface area (Å²) in [5.41, 5.74) is 4.13. The molecule has 33 heavy (non-hydrogen) atoms. The van der Waals surface area contributed by atoms with Crippen LogP contribution in [0.3, 0.4) is 0 Å². The Balaban J connectivity index is 1.84. The maximum absolute atomic E-state index is 13.1. The van der Waals surface area contributed by atoms with Gasteiger partial charge in [-0.15, -0.1) is 0 Å². The molecule has 0 aliphatic heterocycles. The first-order valence-electron chi connectivity index (χ1n) is 11.0. The van der Waals surface area contributed by atoms with E-state index < -0.39 is 10.0 Å². The van der Waals surface area contributed by atoms with Gasteiger partial charge < -0.3 is 10.1 Å². The summed E-state index contributed by atoms with van der Waals surface area (Å²) in [5.74, 6) is -0.184. The highest BCUT2D eigenvalue weighted by atomic mass is 32.2. The van der Waals surface area contributed by atoms with Gasteiger partial charge in [0.05, 0.1) is 7.11 Å². The molecule has 2 N–H and O–H groups in total. The Labute approximate surface area is 196 Å². The summed E-state index contributed by atoms with van der Waals surface area (Å²) >= 11 is 0. The lowest BCUT2D eigenvalue weighted by molar-refractivity contribution is 0.102. The van der Waals surface area contributed by atoms with Gasteiger partial charge in [-0.2, -0.15) is 0 Å². The average molecular weight is 467 g/mol. The van der Waals surface area contributed by atoms with Crippen LogP contribution >= 0.6 is 0 Å². The fraction of sp³-hybridized carbons (Fsp3) is 0.269. The Bertz CT molecular complexity index is 1190. The van der Waals surface area contributed by atoms with Gasteiger partial charge in [-0.1, -0.05) is 62.4 Å². The van der Waals surface area contributed by atoms with Crippen LogP contribution < -0.4 is 14.8 Å². The molecule has 0 aliphatic rings. The van der Waals surface area contributed by atoms with Gasteiger partial charge in [-0.05, 0) is 54.2 Å². The maximum Gasteiger partial charge on any atom is 0.255 e. The van der Waals surface area contributed by atoms with E-state index in [0.717, 1.165) is 35.2 Å². The Kier molecular flexibility index (Phi) is 8.25. The van der Waals surface area contributed by atoms with Crippen molar-refractivity contribution in [2.24, 2.45) is 0 Å². The Morgan fingerprint density at radius 3 is 2.18 bits per heavy atom. The zero-order valence-electron chi connectivity index (χ0n) is 19.2. The molecule has 0 radical (unpaired) electrons. The number of nitrogens with one attached hydrogen (secondary N) is 2. The van der Waals surface area contributed by atoms with E-state index in [1.807, 2.05) is 62.4 Å². The van der Waals surface area contributed by atoms with E-state index in [1.54, 1.807) is 6.07 Å². The molecule has 3 aromatic carbocycles. The summed E-state index contributed by atoms with van der Waals surface area (Å²) in [6.07, 6.45) is 2.10. The second-order valence-corrected chi connectivity index (χ2v) is 9.35. The van der Waals surface area contributed by atoms with Crippen molar-refractivity contribution in [2.75, 3.05) is 19.0 Å². The molecule has 3 rings (SSSR count).